The van der Waals surface area contributed by atoms with Gasteiger partial charge < -0.3 is 14.8 Å². The molecule has 0 unspecified atom stereocenters. The number of hydrogen-bond acceptors (Lipinski definition) is 3. The molecule has 0 spiro atoms. The molecule has 0 saturated heterocycles. The van der Waals surface area contributed by atoms with E-state index in [-0.39, 0.29) is 5.41 Å². The highest BCUT2D eigenvalue weighted by Gasteiger charge is 2.32. The van der Waals surface area contributed by atoms with Crippen LogP contribution in [-0.4, -0.2) is 20.8 Å². The van der Waals surface area contributed by atoms with Gasteiger partial charge in [-0.25, -0.2) is 0 Å². The third-order valence-corrected chi connectivity index (χ3v) is 3.30. The lowest BCUT2D eigenvalue weighted by Gasteiger charge is -2.35. The summed E-state index contributed by atoms with van der Waals surface area (Å²) >= 11 is 0. The van der Waals surface area contributed by atoms with Crippen molar-refractivity contribution in [1.29, 1.82) is 0 Å². The van der Waals surface area contributed by atoms with Crippen molar-refractivity contribution in [1.82, 2.24) is 0 Å². The van der Waals surface area contributed by atoms with E-state index in [1.807, 2.05) is 12.1 Å². The van der Waals surface area contributed by atoms with Crippen molar-refractivity contribution in [2.24, 2.45) is 0 Å². The second kappa shape index (κ2) is 3.89. The Morgan fingerprint density at radius 3 is 2.38 bits per heavy atom. The summed E-state index contributed by atoms with van der Waals surface area (Å²) in [5.41, 5.74) is 2.43. The summed E-state index contributed by atoms with van der Waals surface area (Å²) in [7, 11) is 3.41. The number of methoxy groups -OCH3 is 2. The predicted molar refractivity (Wildman–Crippen MR) is 65.7 cm³/mol. The lowest BCUT2D eigenvalue weighted by molar-refractivity contribution is 0.375. The smallest absolute Gasteiger partial charge is 0.142 e. The van der Waals surface area contributed by atoms with Crippen molar-refractivity contribution in [2.75, 3.05) is 26.1 Å². The van der Waals surface area contributed by atoms with Gasteiger partial charge in [0.25, 0.3) is 0 Å². The van der Waals surface area contributed by atoms with Gasteiger partial charge in [0.05, 0.1) is 19.9 Å². The number of rotatable bonds is 2. The first-order valence-electron chi connectivity index (χ1n) is 5.59. The molecule has 0 fully saturated rings. The van der Waals surface area contributed by atoms with Gasteiger partial charge >= 0.3 is 0 Å². The van der Waals surface area contributed by atoms with Gasteiger partial charge in [-0.1, -0.05) is 13.8 Å². The van der Waals surface area contributed by atoms with Crippen LogP contribution in [0.25, 0.3) is 0 Å². The standard InChI is InChI=1S/C13H19NO2/c1-13(2)7-8-14-12-10(16-4)6-5-9(15-3)11(12)13/h5-6,14H,7-8H2,1-4H3. The first kappa shape index (κ1) is 11.1. The molecule has 0 atom stereocenters. The third-order valence-electron chi connectivity index (χ3n) is 3.30. The molecule has 1 aliphatic rings. The van der Waals surface area contributed by atoms with Crippen molar-refractivity contribution in [3.8, 4) is 11.5 Å². The maximum atomic E-state index is 5.45. The fourth-order valence-corrected chi connectivity index (χ4v) is 2.38. The van der Waals surface area contributed by atoms with Crippen LogP contribution in [0.1, 0.15) is 25.8 Å². The molecule has 0 radical (unpaired) electrons. The highest BCUT2D eigenvalue weighted by molar-refractivity contribution is 5.70. The lowest BCUT2D eigenvalue weighted by Crippen LogP contribution is -2.29. The largest absolute Gasteiger partial charge is 0.496 e. The number of hydrogen-bond donors (Lipinski definition) is 1. The van der Waals surface area contributed by atoms with Crippen LogP contribution in [0.3, 0.4) is 0 Å². The second-order valence-electron chi connectivity index (χ2n) is 4.78. The SMILES string of the molecule is COc1ccc(OC)c2c1NCCC2(C)C. The number of fused-ring (bicyclic) bond motifs is 1. The summed E-state index contributed by atoms with van der Waals surface area (Å²) in [6.45, 7) is 5.47. The molecule has 0 bridgehead atoms. The van der Waals surface area contributed by atoms with Crippen molar-refractivity contribution in [3.05, 3.63) is 17.7 Å². The summed E-state index contributed by atoms with van der Waals surface area (Å²) in [4.78, 5) is 0. The van der Waals surface area contributed by atoms with Crippen molar-refractivity contribution in [3.63, 3.8) is 0 Å². The Morgan fingerprint density at radius 1 is 1.12 bits per heavy atom. The molecule has 0 amide bonds. The van der Waals surface area contributed by atoms with E-state index < -0.39 is 0 Å². The van der Waals surface area contributed by atoms with Gasteiger partial charge in [-0.15, -0.1) is 0 Å². The van der Waals surface area contributed by atoms with Crippen LogP contribution < -0.4 is 14.8 Å². The minimum atomic E-state index is 0.125. The Kier molecular flexibility index (Phi) is 2.70. The van der Waals surface area contributed by atoms with E-state index in [0.717, 1.165) is 30.2 Å². The third kappa shape index (κ3) is 1.60. The maximum Gasteiger partial charge on any atom is 0.142 e. The molecular weight excluding hydrogens is 202 g/mol. The van der Waals surface area contributed by atoms with Crippen LogP contribution in [-0.2, 0) is 5.41 Å². The van der Waals surface area contributed by atoms with Crippen molar-refractivity contribution >= 4 is 5.69 Å². The van der Waals surface area contributed by atoms with Crippen molar-refractivity contribution < 1.29 is 9.47 Å². The molecule has 1 aliphatic heterocycles. The van der Waals surface area contributed by atoms with E-state index in [4.69, 9.17) is 9.47 Å². The van der Waals surface area contributed by atoms with Gasteiger partial charge in [0.15, 0.2) is 0 Å². The minimum absolute atomic E-state index is 0.125. The maximum absolute atomic E-state index is 5.45. The van der Waals surface area contributed by atoms with Crippen LogP contribution >= 0.6 is 0 Å². The highest BCUT2D eigenvalue weighted by atomic mass is 16.5. The van der Waals surface area contributed by atoms with Gasteiger partial charge in [-0.3, -0.25) is 0 Å². The Bertz CT molecular complexity index is 399. The first-order valence-corrected chi connectivity index (χ1v) is 5.59. The quantitative estimate of drug-likeness (QED) is 0.833. The molecule has 16 heavy (non-hydrogen) atoms. The average Bonchev–Trinajstić information content (AvgIpc) is 2.27. The van der Waals surface area contributed by atoms with Gasteiger partial charge in [0.1, 0.15) is 11.5 Å². The normalized spacial score (nSPS) is 17.2. The average molecular weight is 221 g/mol. The Morgan fingerprint density at radius 2 is 1.75 bits per heavy atom. The molecule has 1 heterocycles. The summed E-state index contributed by atoms with van der Waals surface area (Å²) in [6.07, 6.45) is 1.10. The van der Waals surface area contributed by atoms with E-state index in [1.54, 1.807) is 14.2 Å². The molecule has 1 aromatic carbocycles. The molecule has 3 heteroatoms. The molecule has 2 rings (SSSR count). The topological polar surface area (TPSA) is 30.5 Å². The molecule has 0 aliphatic carbocycles. The number of benzene rings is 1. The molecular formula is C13H19NO2. The monoisotopic (exact) mass is 221 g/mol. The number of ether oxygens (including phenoxy) is 2. The summed E-state index contributed by atoms with van der Waals surface area (Å²) in [5.74, 6) is 1.83. The summed E-state index contributed by atoms with van der Waals surface area (Å²) in [5, 5.41) is 3.41. The fourth-order valence-electron chi connectivity index (χ4n) is 2.38. The Hall–Kier alpha value is -1.38. The molecule has 1 aromatic rings. The zero-order chi connectivity index (χ0) is 11.8. The van der Waals surface area contributed by atoms with E-state index >= 15 is 0 Å². The van der Waals surface area contributed by atoms with Gasteiger partial charge in [-0.2, -0.15) is 0 Å². The zero-order valence-electron chi connectivity index (χ0n) is 10.4. The lowest BCUT2D eigenvalue weighted by atomic mass is 9.77. The van der Waals surface area contributed by atoms with E-state index in [2.05, 4.69) is 19.2 Å². The Balaban J connectivity index is 2.65. The van der Waals surface area contributed by atoms with Crippen molar-refractivity contribution in [2.45, 2.75) is 25.7 Å². The molecule has 0 saturated carbocycles. The number of anilines is 1. The van der Waals surface area contributed by atoms with Crippen LogP contribution in [0.15, 0.2) is 12.1 Å². The molecule has 0 aromatic heterocycles. The molecule has 3 nitrogen and oxygen atoms in total. The van der Waals surface area contributed by atoms with E-state index in [0.29, 0.717) is 0 Å². The van der Waals surface area contributed by atoms with Crippen LogP contribution in [0.2, 0.25) is 0 Å². The molecule has 1 N–H and O–H groups in total. The highest BCUT2D eigenvalue weighted by Crippen LogP contribution is 2.46. The van der Waals surface area contributed by atoms with Crippen LogP contribution in [0.4, 0.5) is 5.69 Å². The zero-order valence-corrected chi connectivity index (χ0v) is 10.4. The van der Waals surface area contributed by atoms with Gasteiger partial charge in [0.2, 0.25) is 0 Å². The predicted octanol–water partition coefficient (Wildman–Crippen LogP) is 2.80. The van der Waals surface area contributed by atoms with Crippen LogP contribution in [0, 0.1) is 0 Å². The van der Waals surface area contributed by atoms with Crippen LogP contribution in [0.5, 0.6) is 11.5 Å². The van der Waals surface area contributed by atoms with E-state index in [9.17, 15) is 0 Å². The van der Waals surface area contributed by atoms with Gasteiger partial charge in [0, 0.05) is 12.1 Å². The van der Waals surface area contributed by atoms with E-state index in [1.165, 1.54) is 5.56 Å². The summed E-state index contributed by atoms with van der Waals surface area (Å²) < 4.78 is 10.8. The summed E-state index contributed by atoms with van der Waals surface area (Å²) in [6, 6.07) is 3.93. The minimum Gasteiger partial charge on any atom is -0.496 e. The molecule has 88 valence electrons. The second-order valence-corrected chi connectivity index (χ2v) is 4.78. The Labute approximate surface area is 96.8 Å². The fraction of sp³-hybridized carbons (Fsp3) is 0.538. The van der Waals surface area contributed by atoms with Gasteiger partial charge in [-0.05, 0) is 24.0 Å². The first-order chi connectivity index (χ1) is 7.60. The number of nitrogens with one attached hydrogen (secondary N) is 1.